The molecule has 2 heterocycles. The predicted molar refractivity (Wildman–Crippen MR) is 142 cm³/mol. The summed E-state index contributed by atoms with van der Waals surface area (Å²) in [4.78, 5) is 31.4. The third-order valence-electron chi connectivity index (χ3n) is 6.68. The normalized spacial score (nSPS) is 16.9. The molecule has 0 spiro atoms. The van der Waals surface area contributed by atoms with Gasteiger partial charge < -0.3 is 24.5 Å². The fourth-order valence-electron chi connectivity index (χ4n) is 4.82. The number of hydrogen-bond donors (Lipinski definition) is 2. The Balaban J connectivity index is 1.60. The van der Waals surface area contributed by atoms with Crippen molar-refractivity contribution in [1.29, 1.82) is 0 Å². The van der Waals surface area contributed by atoms with Gasteiger partial charge in [-0.3, -0.25) is 9.59 Å². The zero-order chi connectivity index (χ0) is 26.1. The third-order valence-corrected chi connectivity index (χ3v) is 6.93. The number of aromatic nitrogens is 1. The van der Waals surface area contributed by atoms with Gasteiger partial charge in [-0.25, -0.2) is 0 Å². The number of nitrogens with one attached hydrogen (secondary N) is 1. The van der Waals surface area contributed by atoms with E-state index in [0.717, 1.165) is 16.5 Å². The van der Waals surface area contributed by atoms with Gasteiger partial charge >= 0.3 is 0 Å². The lowest BCUT2D eigenvalue weighted by Gasteiger charge is -2.26. The Morgan fingerprint density at radius 2 is 1.73 bits per heavy atom. The van der Waals surface area contributed by atoms with Crippen molar-refractivity contribution in [1.82, 2.24) is 9.88 Å². The van der Waals surface area contributed by atoms with E-state index in [4.69, 9.17) is 21.1 Å². The third kappa shape index (κ3) is 4.42. The Hall–Kier alpha value is -4.23. The molecule has 1 aliphatic rings. The molecule has 0 radical (unpaired) electrons. The van der Waals surface area contributed by atoms with Crippen molar-refractivity contribution in [2.24, 2.45) is 0 Å². The van der Waals surface area contributed by atoms with Gasteiger partial charge in [-0.1, -0.05) is 35.9 Å². The van der Waals surface area contributed by atoms with E-state index in [1.807, 2.05) is 30.5 Å². The number of ether oxygens (including phenoxy) is 2. The zero-order valence-corrected chi connectivity index (χ0v) is 21.1. The van der Waals surface area contributed by atoms with Gasteiger partial charge in [-0.2, -0.15) is 0 Å². The highest BCUT2D eigenvalue weighted by molar-refractivity contribution is 6.46. The van der Waals surface area contributed by atoms with Crippen LogP contribution >= 0.6 is 11.6 Å². The molecule has 1 fully saturated rings. The Labute approximate surface area is 218 Å². The van der Waals surface area contributed by atoms with Crippen LogP contribution in [0.25, 0.3) is 16.7 Å². The number of Topliss-reactive ketones (excluding diaryl/α,β-unsaturated/α-hetero) is 1. The van der Waals surface area contributed by atoms with Gasteiger partial charge in [0.05, 0.1) is 25.8 Å². The number of ketones is 1. The molecule has 7 nitrogen and oxygen atoms in total. The van der Waals surface area contributed by atoms with E-state index in [2.05, 4.69) is 4.98 Å². The Morgan fingerprint density at radius 1 is 1.00 bits per heavy atom. The number of halogens is 1. The number of carbonyl (C=O) groups excluding carboxylic acids is 2. The molecule has 1 aliphatic heterocycles. The zero-order valence-electron chi connectivity index (χ0n) is 20.3. The topological polar surface area (TPSA) is 91.9 Å². The molecule has 5 rings (SSSR count). The molecule has 0 aliphatic carbocycles. The van der Waals surface area contributed by atoms with Crippen molar-refractivity contribution < 1.29 is 24.2 Å². The summed E-state index contributed by atoms with van der Waals surface area (Å²) in [5.74, 6) is -0.709. The lowest BCUT2D eigenvalue weighted by Crippen LogP contribution is -2.31. The van der Waals surface area contributed by atoms with E-state index in [1.165, 1.54) is 19.1 Å². The van der Waals surface area contributed by atoms with Gasteiger partial charge in [0.15, 0.2) is 11.5 Å². The van der Waals surface area contributed by atoms with Gasteiger partial charge in [0.25, 0.3) is 11.7 Å². The smallest absolute Gasteiger partial charge is 0.295 e. The fraction of sp³-hybridized carbons (Fsp3) is 0.172. The average molecular weight is 517 g/mol. The van der Waals surface area contributed by atoms with E-state index in [1.54, 1.807) is 42.5 Å². The molecule has 1 atom stereocenters. The van der Waals surface area contributed by atoms with Gasteiger partial charge in [-0.15, -0.1) is 0 Å². The number of para-hydroxylation sites is 1. The van der Waals surface area contributed by atoms with Crippen molar-refractivity contribution in [2.75, 3.05) is 20.8 Å². The minimum absolute atomic E-state index is 0.0125. The summed E-state index contributed by atoms with van der Waals surface area (Å²) in [6.45, 7) is 0.267. The number of nitrogens with zero attached hydrogens (tertiary/aromatic N) is 1. The number of methoxy groups -OCH3 is 2. The molecule has 3 aromatic carbocycles. The van der Waals surface area contributed by atoms with Crippen LogP contribution in [0, 0.1) is 0 Å². The highest BCUT2D eigenvalue weighted by Gasteiger charge is 2.46. The quantitative estimate of drug-likeness (QED) is 0.192. The monoisotopic (exact) mass is 516 g/mol. The van der Waals surface area contributed by atoms with E-state index in [-0.39, 0.29) is 17.9 Å². The Morgan fingerprint density at radius 3 is 2.46 bits per heavy atom. The Bertz CT molecular complexity index is 1520. The van der Waals surface area contributed by atoms with E-state index in [9.17, 15) is 14.7 Å². The number of rotatable bonds is 7. The van der Waals surface area contributed by atoms with E-state index >= 15 is 0 Å². The molecule has 1 unspecified atom stereocenters. The number of fused-ring (bicyclic) bond motifs is 1. The minimum Gasteiger partial charge on any atom is -0.507 e. The maximum absolute atomic E-state index is 13.3. The standard InChI is InChI=1S/C29H25ClN2O5/c1-36-23-12-9-18(15-24(23)37-2)26-25(27(33)17-7-10-20(30)11-8-17)28(34)29(35)32(26)14-13-19-16-31-22-6-4-3-5-21(19)22/h3-12,15-16,26,31,33H,13-14H2,1-2H3/b27-25+. The molecular weight excluding hydrogens is 492 g/mol. The predicted octanol–water partition coefficient (Wildman–Crippen LogP) is 5.50. The summed E-state index contributed by atoms with van der Waals surface area (Å²) in [5, 5.41) is 12.8. The second-order valence-electron chi connectivity index (χ2n) is 8.72. The molecule has 1 saturated heterocycles. The summed E-state index contributed by atoms with van der Waals surface area (Å²) in [6, 6.07) is 18.8. The maximum Gasteiger partial charge on any atom is 0.295 e. The number of amides is 1. The molecule has 37 heavy (non-hydrogen) atoms. The largest absolute Gasteiger partial charge is 0.507 e. The van der Waals surface area contributed by atoms with Crippen LogP contribution in [0.15, 0.2) is 78.5 Å². The first-order chi connectivity index (χ1) is 17.9. The van der Waals surface area contributed by atoms with Crippen LogP contribution in [0.4, 0.5) is 0 Å². The Kier molecular flexibility index (Phi) is 6.63. The summed E-state index contributed by atoms with van der Waals surface area (Å²) < 4.78 is 10.8. The number of aromatic amines is 1. The molecule has 1 amide bonds. The van der Waals surface area contributed by atoms with E-state index in [0.29, 0.717) is 34.1 Å². The van der Waals surface area contributed by atoms with Crippen molar-refractivity contribution in [3.63, 3.8) is 0 Å². The second kappa shape index (κ2) is 10.0. The number of H-pyrrole nitrogens is 1. The van der Waals surface area contributed by atoms with Gasteiger partial charge in [0, 0.05) is 34.2 Å². The molecule has 188 valence electrons. The number of likely N-dealkylation sites (tertiary alicyclic amines) is 1. The minimum atomic E-state index is -0.819. The summed E-state index contributed by atoms with van der Waals surface area (Å²) in [6.07, 6.45) is 2.43. The van der Waals surface area contributed by atoms with Crippen molar-refractivity contribution >= 4 is 40.0 Å². The highest BCUT2D eigenvalue weighted by atomic mass is 35.5. The van der Waals surface area contributed by atoms with Crippen LogP contribution in [-0.2, 0) is 16.0 Å². The number of hydrogen-bond acceptors (Lipinski definition) is 5. The molecule has 4 aromatic rings. The number of aliphatic hydroxyl groups is 1. The molecule has 1 aromatic heterocycles. The van der Waals surface area contributed by atoms with Crippen LogP contribution in [0.1, 0.15) is 22.7 Å². The molecular formula is C29H25ClN2O5. The van der Waals surface area contributed by atoms with Crippen molar-refractivity contribution in [3.05, 3.63) is 100 Å². The SMILES string of the molecule is COc1ccc(C2/C(=C(\O)c3ccc(Cl)cc3)C(=O)C(=O)N2CCc2c[nH]c3ccccc23)cc1OC. The number of aliphatic hydroxyl groups excluding tert-OH is 1. The maximum atomic E-state index is 13.3. The van der Waals surface area contributed by atoms with Crippen LogP contribution in [0.3, 0.4) is 0 Å². The van der Waals surface area contributed by atoms with Crippen LogP contribution in [0.2, 0.25) is 5.02 Å². The number of benzene rings is 3. The lowest BCUT2D eigenvalue weighted by molar-refractivity contribution is -0.139. The molecule has 0 saturated carbocycles. The van der Waals surface area contributed by atoms with Gasteiger partial charge in [0.2, 0.25) is 0 Å². The van der Waals surface area contributed by atoms with Gasteiger partial charge in [-0.05, 0) is 60.0 Å². The first-order valence-electron chi connectivity index (χ1n) is 11.7. The summed E-state index contributed by atoms with van der Waals surface area (Å²) in [5.41, 5.74) is 3.05. The average Bonchev–Trinajstić information content (AvgIpc) is 3.45. The highest BCUT2D eigenvalue weighted by Crippen LogP contribution is 2.42. The number of carbonyl (C=O) groups is 2. The summed E-state index contributed by atoms with van der Waals surface area (Å²) in [7, 11) is 3.05. The van der Waals surface area contributed by atoms with Crippen LogP contribution in [-0.4, -0.2) is 47.4 Å². The van der Waals surface area contributed by atoms with Crippen molar-refractivity contribution in [2.45, 2.75) is 12.5 Å². The van der Waals surface area contributed by atoms with Crippen molar-refractivity contribution in [3.8, 4) is 11.5 Å². The van der Waals surface area contributed by atoms with Crippen LogP contribution < -0.4 is 9.47 Å². The molecule has 0 bridgehead atoms. The first kappa shape index (κ1) is 24.5. The fourth-order valence-corrected chi connectivity index (χ4v) is 4.95. The first-order valence-corrected chi connectivity index (χ1v) is 12.1. The second-order valence-corrected chi connectivity index (χ2v) is 9.16. The van der Waals surface area contributed by atoms with E-state index < -0.39 is 17.7 Å². The van der Waals surface area contributed by atoms with Gasteiger partial charge in [0.1, 0.15) is 5.76 Å². The molecule has 8 heteroatoms. The van der Waals surface area contributed by atoms with Crippen LogP contribution in [0.5, 0.6) is 11.5 Å². The lowest BCUT2D eigenvalue weighted by atomic mass is 9.95. The molecule has 2 N–H and O–H groups in total. The summed E-state index contributed by atoms with van der Waals surface area (Å²) >= 11 is 6.01.